The van der Waals surface area contributed by atoms with Gasteiger partial charge in [-0.1, -0.05) is 12.1 Å². The van der Waals surface area contributed by atoms with Crippen LogP contribution in [0, 0.1) is 11.3 Å². The van der Waals surface area contributed by atoms with Crippen LogP contribution in [0.25, 0.3) is 0 Å². The van der Waals surface area contributed by atoms with Gasteiger partial charge in [0, 0.05) is 6.20 Å². The Bertz CT molecular complexity index is 893. The van der Waals surface area contributed by atoms with Crippen LogP contribution in [0.2, 0.25) is 0 Å². The third kappa shape index (κ3) is 2.88. The monoisotopic (exact) mass is 324 g/mol. The average molecular weight is 324 g/mol. The molecule has 24 heavy (non-hydrogen) atoms. The minimum Gasteiger partial charge on any atom is -0.491 e. The molecule has 6 nitrogen and oxygen atoms in total. The van der Waals surface area contributed by atoms with Crippen molar-refractivity contribution in [3.63, 3.8) is 0 Å². The summed E-state index contributed by atoms with van der Waals surface area (Å²) < 4.78 is 7.01. The zero-order valence-electron chi connectivity index (χ0n) is 13.0. The van der Waals surface area contributed by atoms with E-state index in [2.05, 4.69) is 0 Å². The molecule has 0 fully saturated rings. The summed E-state index contributed by atoms with van der Waals surface area (Å²) in [7, 11) is 0. The largest absolute Gasteiger partial charge is 0.491 e. The maximum Gasteiger partial charge on any atom is 0.339 e. The molecule has 1 N–H and O–H groups in total. The number of pyridine rings is 1. The topological polar surface area (TPSA) is 92.3 Å². The number of fused-ring (bicyclic) bond motifs is 1. The number of aromatic nitrogens is 1. The molecule has 0 spiro atoms. The molecule has 1 aliphatic rings. The number of rotatable bonds is 5. The fourth-order valence-electron chi connectivity index (χ4n) is 3.02. The number of carbonyl (C=O) groups is 1. The number of hydrogen-bond acceptors (Lipinski definition) is 4. The maximum absolute atomic E-state index is 12.4. The van der Waals surface area contributed by atoms with E-state index >= 15 is 0 Å². The molecule has 1 heterocycles. The molecule has 122 valence electrons. The lowest BCUT2D eigenvalue weighted by Gasteiger charge is -2.12. The first kappa shape index (κ1) is 15.8. The van der Waals surface area contributed by atoms with E-state index in [1.165, 1.54) is 10.6 Å². The van der Waals surface area contributed by atoms with Crippen LogP contribution >= 0.6 is 0 Å². The Morgan fingerprint density at radius 3 is 2.88 bits per heavy atom. The van der Waals surface area contributed by atoms with Gasteiger partial charge in [-0.2, -0.15) is 5.26 Å². The van der Waals surface area contributed by atoms with Gasteiger partial charge in [0.25, 0.3) is 5.56 Å². The van der Waals surface area contributed by atoms with E-state index in [9.17, 15) is 14.9 Å². The predicted molar refractivity (Wildman–Crippen MR) is 86.3 cm³/mol. The molecule has 0 amide bonds. The van der Waals surface area contributed by atoms with Crippen LogP contribution in [0.3, 0.4) is 0 Å². The van der Waals surface area contributed by atoms with Gasteiger partial charge in [-0.25, -0.2) is 4.79 Å². The first-order chi connectivity index (χ1) is 11.6. The smallest absolute Gasteiger partial charge is 0.339 e. The maximum atomic E-state index is 12.4. The van der Waals surface area contributed by atoms with Crippen molar-refractivity contribution in [3.8, 4) is 11.8 Å². The van der Waals surface area contributed by atoms with Crippen LogP contribution < -0.4 is 10.3 Å². The van der Waals surface area contributed by atoms with Crippen molar-refractivity contribution in [1.29, 1.82) is 5.26 Å². The minimum absolute atomic E-state index is 0.0801. The van der Waals surface area contributed by atoms with Crippen molar-refractivity contribution in [2.45, 2.75) is 25.8 Å². The van der Waals surface area contributed by atoms with Gasteiger partial charge in [-0.15, -0.1) is 0 Å². The van der Waals surface area contributed by atoms with Gasteiger partial charge in [0.2, 0.25) is 0 Å². The second-order valence-electron chi connectivity index (χ2n) is 5.62. The summed E-state index contributed by atoms with van der Waals surface area (Å²) in [4.78, 5) is 23.5. The zero-order chi connectivity index (χ0) is 17.1. The molecular formula is C18H16N2O4. The molecule has 2 aromatic rings. The van der Waals surface area contributed by atoms with E-state index in [1.54, 1.807) is 24.4 Å². The van der Waals surface area contributed by atoms with Crippen LogP contribution in [0.5, 0.6) is 5.75 Å². The summed E-state index contributed by atoms with van der Waals surface area (Å²) >= 11 is 0. The molecule has 0 bridgehead atoms. The molecule has 0 saturated carbocycles. The standard InChI is InChI=1S/C18H16N2O4/c19-10-15-13-6-3-4-12(13)11-20(17(15)21)8-9-24-16-7-2-1-5-14(16)18(22)23/h1-2,5,7,11H,3-4,6,8-9H2,(H,22,23). The number of aryl methyl sites for hydroxylation is 1. The Hall–Kier alpha value is -3.07. The molecule has 0 atom stereocenters. The van der Waals surface area contributed by atoms with E-state index in [4.69, 9.17) is 9.84 Å². The van der Waals surface area contributed by atoms with Gasteiger partial charge in [0.15, 0.2) is 0 Å². The summed E-state index contributed by atoms with van der Waals surface area (Å²) in [6.45, 7) is 0.405. The average Bonchev–Trinajstić information content (AvgIpc) is 3.03. The van der Waals surface area contributed by atoms with Crippen molar-refractivity contribution in [1.82, 2.24) is 4.57 Å². The summed E-state index contributed by atoms with van der Waals surface area (Å²) in [5, 5.41) is 18.4. The molecule has 1 aromatic heterocycles. The number of carboxylic acid groups (broad SMARTS) is 1. The second kappa shape index (κ2) is 6.59. The fourth-order valence-corrected chi connectivity index (χ4v) is 3.02. The Kier molecular flexibility index (Phi) is 4.34. The molecule has 1 aromatic carbocycles. The molecule has 6 heteroatoms. The lowest BCUT2D eigenvalue weighted by Crippen LogP contribution is -2.26. The van der Waals surface area contributed by atoms with Gasteiger partial charge in [0.1, 0.15) is 29.6 Å². The highest BCUT2D eigenvalue weighted by Crippen LogP contribution is 2.23. The number of para-hydroxylation sites is 1. The Labute approximate surface area is 138 Å². The Morgan fingerprint density at radius 1 is 1.33 bits per heavy atom. The highest BCUT2D eigenvalue weighted by atomic mass is 16.5. The number of aromatic carboxylic acids is 1. The van der Waals surface area contributed by atoms with E-state index in [0.717, 1.165) is 30.4 Å². The van der Waals surface area contributed by atoms with E-state index in [0.29, 0.717) is 0 Å². The first-order valence-electron chi connectivity index (χ1n) is 7.72. The van der Waals surface area contributed by atoms with E-state index in [-0.39, 0.29) is 35.6 Å². The summed E-state index contributed by atoms with van der Waals surface area (Å²) in [6, 6.07) is 8.38. The number of nitrogens with zero attached hydrogens (tertiary/aromatic N) is 2. The highest BCUT2D eigenvalue weighted by molar-refractivity contribution is 5.90. The third-order valence-electron chi connectivity index (χ3n) is 4.17. The molecule has 0 saturated heterocycles. The van der Waals surface area contributed by atoms with Crippen LogP contribution in [-0.4, -0.2) is 22.2 Å². The molecule has 0 unspecified atom stereocenters. The minimum atomic E-state index is -1.06. The van der Waals surface area contributed by atoms with Crippen LogP contribution in [0.1, 0.15) is 33.5 Å². The van der Waals surface area contributed by atoms with Gasteiger partial charge in [-0.3, -0.25) is 4.79 Å². The van der Waals surface area contributed by atoms with Gasteiger partial charge in [0.05, 0.1) is 6.54 Å². The van der Waals surface area contributed by atoms with Crippen molar-refractivity contribution in [2.24, 2.45) is 0 Å². The molecule has 0 aliphatic heterocycles. The highest BCUT2D eigenvalue weighted by Gasteiger charge is 2.19. The van der Waals surface area contributed by atoms with Gasteiger partial charge >= 0.3 is 5.97 Å². The second-order valence-corrected chi connectivity index (χ2v) is 5.62. The van der Waals surface area contributed by atoms with Crippen molar-refractivity contribution >= 4 is 5.97 Å². The predicted octanol–water partition coefficient (Wildman–Crippen LogP) is 1.99. The lowest BCUT2D eigenvalue weighted by atomic mass is 10.1. The van der Waals surface area contributed by atoms with Crippen LogP contribution in [-0.2, 0) is 19.4 Å². The van der Waals surface area contributed by atoms with Crippen molar-refractivity contribution in [3.05, 3.63) is 63.1 Å². The van der Waals surface area contributed by atoms with E-state index < -0.39 is 5.97 Å². The third-order valence-corrected chi connectivity index (χ3v) is 4.17. The summed E-state index contributed by atoms with van der Waals surface area (Å²) in [5.41, 5.74) is 1.90. The van der Waals surface area contributed by atoms with Crippen molar-refractivity contribution < 1.29 is 14.6 Å². The molecule has 1 aliphatic carbocycles. The van der Waals surface area contributed by atoms with E-state index in [1.807, 2.05) is 6.07 Å². The first-order valence-corrected chi connectivity index (χ1v) is 7.72. The normalized spacial score (nSPS) is 12.5. The van der Waals surface area contributed by atoms with Crippen molar-refractivity contribution in [2.75, 3.05) is 6.61 Å². The number of benzene rings is 1. The molecule has 0 radical (unpaired) electrons. The molecule has 3 rings (SSSR count). The zero-order valence-corrected chi connectivity index (χ0v) is 13.0. The van der Waals surface area contributed by atoms with Crippen LogP contribution in [0.4, 0.5) is 0 Å². The number of hydrogen-bond donors (Lipinski definition) is 1. The number of ether oxygens (including phenoxy) is 1. The molecular weight excluding hydrogens is 308 g/mol. The van der Waals surface area contributed by atoms with Gasteiger partial charge < -0.3 is 14.4 Å². The fraction of sp³-hybridized carbons (Fsp3) is 0.278. The number of carboxylic acids is 1. The lowest BCUT2D eigenvalue weighted by molar-refractivity contribution is 0.0692. The SMILES string of the molecule is N#Cc1c2c(cn(CCOc3ccccc3C(=O)O)c1=O)CCC2. The summed E-state index contributed by atoms with van der Waals surface area (Å²) in [5.74, 6) is -0.799. The summed E-state index contributed by atoms with van der Waals surface area (Å²) in [6.07, 6.45) is 4.39. The van der Waals surface area contributed by atoms with Crippen LogP contribution in [0.15, 0.2) is 35.3 Å². The Balaban J connectivity index is 1.78. The van der Waals surface area contributed by atoms with Gasteiger partial charge in [-0.05, 0) is 42.5 Å². The quantitative estimate of drug-likeness (QED) is 0.908. The number of nitriles is 1. The Morgan fingerprint density at radius 2 is 2.12 bits per heavy atom.